The number of nitrogens with one attached hydrogen (secondary N) is 1. The SMILES string of the molecule is COC(=O)[C@H](CCc1ccccc1)N[C@@H](C)C(=O)N1[C@H](C(=O)O)C[C@@H]2CCC[C@@H]21. The minimum absolute atomic E-state index is 0.00579. The highest BCUT2D eigenvalue weighted by Gasteiger charge is 2.49. The second-order valence-electron chi connectivity index (χ2n) is 8.08. The van der Waals surface area contributed by atoms with Gasteiger partial charge in [0, 0.05) is 6.04 Å². The second kappa shape index (κ2) is 9.39. The van der Waals surface area contributed by atoms with E-state index < -0.39 is 30.1 Å². The number of hydrogen-bond acceptors (Lipinski definition) is 5. The first-order valence-electron chi connectivity index (χ1n) is 10.3. The third-order valence-electron chi connectivity index (χ3n) is 6.25. The first-order chi connectivity index (χ1) is 13.9. The van der Waals surface area contributed by atoms with Crippen molar-refractivity contribution in [2.75, 3.05) is 7.11 Å². The lowest BCUT2D eigenvalue weighted by Gasteiger charge is -2.31. The Morgan fingerprint density at radius 2 is 1.97 bits per heavy atom. The van der Waals surface area contributed by atoms with Gasteiger partial charge in [0.05, 0.1) is 13.2 Å². The minimum Gasteiger partial charge on any atom is -0.480 e. The van der Waals surface area contributed by atoms with Gasteiger partial charge in [-0.05, 0) is 50.5 Å². The summed E-state index contributed by atoms with van der Waals surface area (Å²) in [5.41, 5.74) is 1.10. The summed E-state index contributed by atoms with van der Waals surface area (Å²) in [6, 6.07) is 7.72. The van der Waals surface area contributed by atoms with E-state index >= 15 is 0 Å². The van der Waals surface area contributed by atoms with Crippen LogP contribution in [0.1, 0.15) is 44.6 Å². The Hall–Kier alpha value is -2.41. The fourth-order valence-electron chi connectivity index (χ4n) is 4.79. The number of esters is 1. The molecule has 0 spiro atoms. The number of carboxylic acid groups (broad SMARTS) is 1. The highest BCUT2D eigenvalue weighted by atomic mass is 16.5. The molecular formula is C22H30N2O5. The van der Waals surface area contributed by atoms with Gasteiger partial charge in [-0.25, -0.2) is 4.79 Å². The van der Waals surface area contributed by atoms with E-state index in [9.17, 15) is 19.5 Å². The van der Waals surface area contributed by atoms with E-state index in [1.807, 2.05) is 30.3 Å². The number of carbonyl (C=O) groups is 3. The molecule has 29 heavy (non-hydrogen) atoms. The van der Waals surface area contributed by atoms with Crippen LogP contribution in [0.4, 0.5) is 0 Å². The molecule has 1 heterocycles. The molecule has 158 valence electrons. The van der Waals surface area contributed by atoms with Crippen molar-refractivity contribution < 1.29 is 24.2 Å². The Labute approximate surface area is 171 Å². The number of ether oxygens (including phenoxy) is 1. The van der Waals surface area contributed by atoms with Crippen LogP contribution in [0.5, 0.6) is 0 Å². The Bertz CT molecular complexity index is 738. The zero-order valence-corrected chi connectivity index (χ0v) is 17.0. The molecule has 1 aromatic rings. The number of methoxy groups -OCH3 is 1. The van der Waals surface area contributed by atoms with Crippen LogP contribution in [-0.2, 0) is 25.5 Å². The number of likely N-dealkylation sites (tertiary alicyclic amines) is 1. The lowest BCUT2D eigenvalue weighted by molar-refractivity contribution is -0.151. The Kier molecular flexibility index (Phi) is 6.90. The fraction of sp³-hybridized carbons (Fsp3) is 0.591. The topological polar surface area (TPSA) is 95.9 Å². The molecule has 2 fully saturated rings. The summed E-state index contributed by atoms with van der Waals surface area (Å²) in [6.45, 7) is 1.70. The number of amides is 1. The third-order valence-corrected chi connectivity index (χ3v) is 6.25. The molecule has 1 saturated carbocycles. The van der Waals surface area contributed by atoms with Crippen molar-refractivity contribution >= 4 is 17.8 Å². The molecule has 2 aliphatic rings. The molecule has 2 N–H and O–H groups in total. The highest BCUT2D eigenvalue weighted by Crippen LogP contribution is 2.41. The predicted molar refractivity (Wildman–Crippen MR) is 107 cm³/mol. The van der Waals surface area contributed by atoms with Crippen molar-refractivity contribution in [2.24, 2.45) is 5.92 Å². The molecule has 3 rings (SSSR count). The molecule has 0 bridgehead atoms. The number of aliphatic carboxylic acids is 1. The van der Waals surface area contributed by atoms with E-state index in [0.717, 1.165) is 24.8 Å². The minimum atomic E-state index is -0.950. The van der Waals surface area contributed by atoms with Crippen LogP contribution in [-0.4, -0.2) is 59.1 Å². The highest BCUT2D eigenvalue weighted by molar-refractivity contribution is 5.88. The fourth-order valence-corrected chi connectivity index (χ4v) is 4.79. The van der Waals surface area contributed by atoms with Crippen molar-refractivity contribution in [3.63, 3.8) is 0 Å². The van der Waals surface area contributed by atoms with Crippen LogP contribution >= 0.6 is 0 Å². The van der Waals surface area contributed by atoms with E-state index in [2.05, 4.69) is 5.32 Å². The number of rotatable bonds is 8. The second-order valence-corrected chi connectivity index (χ2v) is 8.08. The Balaban J connectivity index is 1.67. The van der Waals surface area contributed by atoms with Gasteiger partial charge in [0.15, 0.2) is 0 Å². The summed E-state index contributed by atoms with van der Waals surface area (Å²) < 4.78 is 4.92. The molecule has 5 atom stereocenters. The molecule has 7 nitrogen and oxygen atoms in total. The maximum atomic E-state index is 13.2. The summed E-state index contributed by atoms with van der Waals surface area (Å²) in [6.07, 6.45) is 4.52. The Morgan fingerprint density at radius 3 is 2.62 bits per heavy atom. The molecule has 1 aliphatic carbocycles. The zero-order chi connectivity index (χ0) is 21.0. The molecule has 7 heteroatoms. The van der Waals surface area contributed by atoms with Crippen LogP contribution in [0, 0.1) is 5.92 Å². The smallest absolute Gasteiger partial charge is 0.326 e. The number of fused-ring (bicyclic) bond motifs is 1. The number of hydrogen-bond donors (Lipinski definition) is 2. The van der Waals surface area contributed by atoms with Gasteiger partial charge in [0.25, 0.3) is 0 Å². The van der Waals surface area contributed by atoms with E-state index in [-0.39, 0.29) is 17.9 Å². The maximum absolute atomic E-state index is 13.2. The van der Waals surface area contributed by atoms with Crippen molar-refractivity contribution in [1.29, 1.82) is 0 Å². The zero-order valence-electron chi connectivity index (χ0n) is 17.0. The summed E-state index contributed by atoms with van der Waals surface area (Å²) in [5, 5.41) is 12.7. The van der Waals surface area contributed by atoms with Crippen LogP contribution in [0.2, 0.25) is 0 Å². The molecule has 1 saturated heterocycles. The molecule has 1 aliphatic heterocycles. The summed E-state index contributed by atoms with van der Waals surface area (Å²) in [5.74, 6) is -1.36. The standard InChI is InChI=1S/C22H30N2O5/c1-14(20(25)24-18-10-6-9-16(18)13-19(24)21(26)27)23-17(22(28)29-2)12-11-15-7-4-3-5-8-15/h3-5,7-8,14,16-19,23H,6,9-13H2,1-2H3,(H,26,27)/t14-,16-,17-,18-,19-/m0/s1. The average molecular weight is 402 g/mol. The summed E-state index contributed by atoms with van der Waals surface area (Å²) in [4.78, 5) is 38.7. The van der Waals surface area contributed by atoms with Gasteiger partial charge >= 0.3 is 11.9 Å². The van der Waals surface area contributed by atoms with Gasteiger partial charge in [0.1, 0.15) is 12.1 Å². The van der Waals surface area contributed by atoms with E-state index in [1.54, 1.807) is 11.8 Å². The van der Waals surface area contributed by atoms with Crippen LogP contribution in [0.15, 0.2) is 30.3 Å². The third kappa shape index (κ3) is 4.78. The molecule has 0 radical (unpaired) electrons. The largest absolute Gasteiger partial charge is 0.480 e. The van der Waals surface area contributed by atoms with Crippen LogP contribution in [0.3, 0.4) is 0 Å². The molecule has 1 amide bonds. The molecule has 1 aromatic carbocycles. The quantitative estimate of drug-likeness (QED) is 0.646. The number of nitrogens with zero attached hydrogens (tertiary/aromatic N) is 1. The number of carbonyl (C=O) groups excluding carboxylic acids is 2. The van der Waals surface area contributed by atoms with Gasteiger partial charge in [-0.3, -0.25) is 14.9 Å². The average Bonchev–Trinajstić information content (AvgIpc) is 3.31. The maximum Gasteiger partial charge on any atom is 0.326 e. The molecular weight excluding hydrogens is 372 g/mol. The van der Waals surface area contributed by atoms with Crippen molar-refractivity contribution in [2.45, 2.75) is 69.6 Å². The Morgan fingerprint density at radius 1 is 1.24 bits per heavy atom. The van der Waals surface area contributed by atoms with Gasteiger partial charge < -0.3 is 14.7 Å². The predicted octanol–water partition coefficient (Wildman–Crippen LogP) is 1.99. The monoisotopic (exact) mass is 402 g/mol. The lowest BCUT2D eigenvalue weighted by atomic mass is 10.0. The first-order valence-corrected chi connectivity index (χ1v) is 10.3. The van der Waals surface area contributed by atoms with E-state index in [0.29, 0.717) is 19.3 Å². The van der Waals surface area contributed by atoms with Crippen molar-refractivity contribution in [1.82, 2.24) is 10.2 Å². The summed E-state index contributed by atoms with van der Waals surface area (Å²) in [7, 11) is 1.33. The van der Waals surface area contributed by atoms with Crippen LogP contribution in [0.25, 0.3) is 0 Å². The molecule has 0 unspecified atom stereocenters. The summed E-state index contributed by atoms with van der Waals surface area (Å²) >= 11 is 0. The van der Waals surface area contributed by atoms with E-state index in [4.69, 9.17) is 4.74 Å². The van der Waals surface area contributed by atoms with E-state index in [1.165, 1.54) is 7.11 Å². The van der Waals surface area contributed by atoms with Gasteiger partial charge in [-0.2, -0.15) is 0 Å². The van der Waals surface area contributed by atoms with Crippen molar-refractivity contribution in [3.05, 3.63) is 35.9 Å². The molecule has 0 aromatic heterocycles. The van der Waals surface area contributed by atoms with Crippen LogP contribution < -0.4 is 5.32 Å². The first kappa shape index (κ1) is 21.3. The number of carboxylic acids is 1. The normalized spacial score (nSPS) is 25.3. The van der Waals surface area contributed by atoms with Gasteiger partial charge in [0.2, 0.25) is 5.91 Å². The number of aryl methyl sites for hydroxylation is 1. The number of benzene rings is 1. The van der Waals surface area contributed by atoms with Gasteiger partial charge in [-0.15, -0.1) is 0 Å². The van der Waals surface area contributed by atoms with Crippen molar-refractivity contribution in [3.8, 4) is 0 Å². The van der Waals surface area contributed by atoms with Gasteiger partial charge in [-0.1, -0.05) is 36.8 Å². The lowest BCUT2D eigenvalue weighted by Crippen LogP contribution is -2.55.